The summed E-state index contributed by atoms with van der Waals surface area (Å²) in [4.78, 5) is 27.9. The molecule has 5 rings (SSSR count). The van der Waals surface area contributed by atoms with Gasteiger partial charge in [-0.3, -0.25) is 14.5 Å². The first-order valence-electron chi connectivity index (χ1n) is 11.0. The smallest absolute Gasteiger partial charge is 0.300 e. The minimum Gasteiger partial charge on any atom is -0.508 e. The second-order valence-electron chi connectivity index (χ2n) is 8.24. The maximum atomic E-state index is 13.3. The zero-order valence-corrected chi connectivity index (χ0v) is 18.5. The van der Waals surface area contributed by atoms with Gasteiger partial charge in [0.25, 0.3) is 11.7 Å². The molecule has 1 atom stereocenters. The zero-order valence-electron chi connectivity index (χ0n) is 18.5. The average Bonchev–Trinajstić information content (AvgIpc) is 3.13. The molecule has 3 aromatic carbocycles. The van der Waals surface area contributed by atoms with E-state index < -0.39 is 17.7 Å². The summed E-state index contributed by atoms with van der Waals surface area (Å²) < 4.78 is 11.0. The molecule has 0 spiro atoms. The topological polar surface area (TPSA) is 96.3 Å². The van der Waals surface area contributed by atoms with Crippen LogP contribution in [-0.4, -0.2) is 35.6 Å². The van der Waals surface area contributed by atoms with Gasteiger partial charge in [0.2, 0.25) is 0 Å². The van der Waals surface area contributed by atoms with Crippen LogP contribution in [0.25, 0.3) is 5.76 Å². The fourth-order valence-corrected chi connectivity index (χ4v) is 4.53. The van der Waals surface area contributed by atoms with Crippen molar-refractivity contribution >= 4 is 23.1 Å². The highest BCUT2D eigenvalue weighted by atomic mass is 16.5. The molecule has 2 aliphatic rings. The van der Waals surface area contributed by atoms with E-state index in [0.29, 0.717) is 29.2 Å². The number of aliphatic hydroxyl groups excluding tert-OH is 1. The molecule has 3 aromatic rings. The number of ether oxygens (including phenoxy) is 2. The summed E-state index contributed by atoms with van der Waals surface area (Å²) in [6.45, 7) is 0.640. The number of aliphatic hydroxyl groups is 1. The number of aryl methyl sites for hydroxylation is 1. The summed E-state index contributed by atoms with van der Waals surface area (Å²) in [5.41, 5.74) is 2.25. The van der Waals surface area contributed by atoms with Crippen LogP contribution in [0.4, 0.5) is 5.69 Å². The zero-order chi connectivity index (χ0) is 23.8. The Morgan fingerprint density at radius 3 is 2.68 bits per heavy atom. The van der Waals surface area contributed by atoms with Gasteiger partial charge in [-0.05, 0) is 66.4 Å². The third-order valence-corrected chi connectivity index (χ3v) is 6.14. The molecule has 34 heavy (non-hydrogen) atoms. The third kappa shape index (κ3) is 3.65. The van der Waals surface area contributed by atoms with Crippen LogP contribution in [0.1, 0.15) is 29.2 Å². The van der Waals surface area contributed by atoms with Crippen molar-refractivity contribution in [1.29, 1.82) is 0 Å². The molecule has 1 fully saturated rings. The predicted octanol–water partition coefficient (Wildman–Crippen LogP) is 4.35. The lowest BCUT2D eigenvalue weighted by molar-refractivity contribution is -0.132. The maximum Gasteiger partial charge on any atom is 0.300 e. The van der Waals surface area contributed by atoms with Crippen molar-refractivity contribution in [3.8, 4) is 17.2 Å². The number of phenols is 1. The van der Waals surface area contributed by atoms with E-state index in [1.807, 2.05) is 0 Å². The first-order chi connectivity index (χ1) is 16.5. The summed E-state index contributed by atoms with van der Waals surface area (Å²) >= 11 is 0. The fourth-order valence-electron chi connectivity index (χ4n) is 4.53. The van der Waals surface area contributed by atoms with Crippen molar-refractivity contribution in [2.45, 2.75) is 18.9 Å². The number of hydrogen-bond donors (Lipinski definition) is 2. The summed E-state index contributed by atoms with van der Waals surface area (Å²) in [5, 5.41) is 21.4. The summed E-state index contributed by atoms with van der Waals surface area (Å²) in [7, 11) is 1.51. The van der Waals surface area contributed by atoms with Crippen molar-refractivity contribution in [2.24, 2.45) is 0 Å². The number of anilines is 1. The number of phenolic OH excluding ortho intramolecular Hbond substituents is 1. The molecular formula is C27H23NO6. The molecule has 0 aromatic heterocycles. The highest BCUT2D eigenvalue weighted by Gasteiger charge is 2.47. The second kappa shape index (κ2) is 8.59. The van der Waals surface area contributed by atoms with Gasteiger partial charge < -0.3 is 19.7 Å². The molecule has 7 heteroatoms. The van der Waals surface area contributed by atoms with Gasteiger partial charge in [-0.1, -0.05) is 18.2 Å². The highest BCUT2D eigenvalue weighted by molar-refractivity contribution is 6.51. The number of hydrogen-bond acceptors (Lipinski definition) is 6. The number of ketones is 1. The van der Waals surface area contributed by atoms with Crippen molar-refractivity contribution in [3.05, 3.63) is 89.0 Å². The summed E-state index contributed by atoms with van der Waals surface area (Å²) in [6.07, 6.45) is 1.66. The quantitative estimate of drug-likeness (QED) is 0.344. The standard InChI is InChI=1S/C27H23NO6/c1-33-21-9-3-7-19(15-21)28-24(17-5-2-8-20(29)14-17)23(26(31)27(28)32)25(30)18-10-11-22-16(13-18)6-4-12-34-22/h2-3,5,7-11,13-15,24,29-30H,4,6,12H2,1H3/b25-23-. The lowest BCUT2D eigenvalue weighted by atomic mass is 9.93. The minimum atomic E-state index is -0.938. The van der Waals surface area contributed by atoms with E-state index in [1.54, 1.807) is 54.6 Å². The van der Waals surface area contributed by atoms with Gasteiger partial charge in [0.1, 0.15) is 23.0 Å². The Labute approximate surface area is 196 Å². The Hall–Kier alpha value is -4.26. The molecular weight excluding hydrogens is 434 g/mol. The molecule has 1 unspecified atom stereocenters. The number of carbonyl (C=O) groups excluding carboxylic acids is 2. The van der Waals surface area contributed by atoms with Gasteiger partial charge >= 0.3 is 0 Å². The minimum absolute atomic E-state index is 0.0142. The van der Waals surface area contributed by atoms with Crippen LogP contribution in [0.5, 0.6) is 17.2 Å². The number of Topliss-reactive ketones (excluding diaryl/α,β-unsaturated/α-hetero) is 1. The van der Waals surface area contributed by atoms with Gasteiger partial charge in [-0.2, -0.15) is 0 Å². The Bertz CT molecular complexity index is 1330. The molecule has 0 bridgehead atoms. The van der Waals surface area contributed by atoms with E-state index in [2.05, 4.69) is 0 Å². The van der Waals surface area contributed by atoms with E-state index in [-0.39, 0.29) is 17.1 Å². The number of carbonyl (C=O) groups is 2. The van der Waals surface area contributed by atoms with Crippen molar-refractivity contribution in [1.82, 2.24) is 0 Å². The molecule has 1 saturated heterocycles. The van der Waals surface area contributed by atoms with Gasteiger partial charge in [-0.25, -0.2) is 0 Å². The number of nitrogens with zero attached hydrogens (tertiary/aromatic N) is 1. The van der Waals surface area contributed by atoms with Crippen LogP contribution in [0.3, 0.4) is 0 Å². The summed E-state index contributed by atoms with van der Waals surface area (Å²) in [5.74, 6) is -0.592. The molecule has 1 amide bonds. The van der Waals surface area contributed by atoms with E-state index in [0.717, 1.165) is 24.2 Å². The SMILES string of the molecule is COc1cccc(N2C(=O)C(=O)/C(=C(\O)c3ccc4c(c3)CCCO4)C2c2cccc(O)c2)c1. The first-order valence-corrected chi connectivity index (χ1v) is 11.0. The van der Waals surface area contributed by atoms with Crippen LogP contribution in [0, 0.1) is 0 Å². The average molecular weight is 457 g/mol. The number of aromatic hydroxyl groups is 1. The normalized spacial score (nSPS) is 19.0. The van der Waals surface area contributed by atoms with Crippen molar-refractivity contribution in [2.75, 3.05) is 18.6 Å². The van der Waals surface area contributed by atoms with E-state index in [4.69, 9.17) is 9.47 Å². The molecule has 0 radical (unpaired) electrons. The number of fused-ring (bicyclic) bond motifs is 1. The Balaban J connectivity index is 1.70. The molecule has 2 aliphatic heterocycles. The maximum absolute atomic E-state index is 13.3. The number of benzene rings is 3. The van der Waals surface area contributed by atoms with Crippen molar-refractivity contribution < 1.29 is 29.3 Å². The lowest BCUT2D eigenvalue weighted by Gasteiger charge is -2.26. The highest BCUT2D eigenvalue weighted by Crippen LogP contribution is 2.43. The second-order valence-corrected chi connectivity index (χ2v) is 8.24. The number of amides is 1. The van der Waals surface area contributed by atoms with E-state index >= 15 is 0 Å². The Kier molecular flexibility index (Phi) is 5.45. The lowest BCUT2D eigenvalue weighted by Crippen LogP contribution is -2.29. The van der Waals surface area contributed by atoms with Crippen LogP contribution >= 0.6 is 0 Å². The third-order valence-electron chi connectivity index (χ3n) is 6.14. The van der Waals surface area contributed by atoms with Gasteiger partial charge in [0.05, 0.1) is 25.3 Å². The molecule has 2 heterocycles. The van der Waals surface area contributed by atoms with Crippen LogP contribution in [0.2, 0.25) is 0 Å². The van der Waals surface area contributed by atoms with E-state index in [1.165, 1.54) is 24.1 Å². The predicted molar refractivity (Wildman–Crippen MR) is 126 cm³/mol. The van der Waals surface area contributed by atoms with Crippen molar-refractivity contribution in [3.63, 3.8) is 0 Å². The molecule has 0 saturated carbocycles. The fraction of sp³-hybridized carbons (Fsp3) is 0.185. The summed E-state index contributed by atoms with van der Waals surface area (Å²) in [6, 6.07) is 17.4. The molecule has 2 N–H and O–H groups in total. The first kappa shape index (κ1) is 21.6. The van der Waals surface area contributed by atoms with Crippen LogP contribution < -0.4 is 14.4 Å². The van der Waals surface area contributed by atoms with Crippen LogP contribution in [-0.2, 0) is 16.0 Å². The van der Waals surface area contributed by atoms with Crippen LogP contribution in [0.15, 0.2) is 72.3 Å². The molecule has 172 valence electrons. The largest absolute Gasteiger partial charge is 0.508 e. The molecule has 7 nitrogen and oxygen atoms in total. The van der Waals surface area contributed by atoms with Gasteiger partial charge in [-0.15, -0.1) is 0 Å². The van der Waals surface area contributed by atoms with E-state index in [9.17, 15) is 19.8 Å². The number of methoxy groups -OCH3 is 1. The monoisotopic (exact) mass is 457 g/mol. The number of rotatable bonds is 4. The Morgan fingerprint density at radius 1 is 1.06 bits per heavy atom. The van der Waals surface area contributed by atoms with Gasteiger partial charge in [0, 0.05) is 17.3 Å². The molecule has 0 aliphatic carbocycles. The Morgan fingerprint density at radius 2 is 1.88 bits per heavy atom. The van der Waals surface area contributed by atoms with Gasteiger partial charge in [0.15, 0.2) is 0 Å².